The maximum Gasteiger partial charge on any atom is 0.307 e. The third-order valence-electron chi connectivity index (χ3n) is 6.32. The van der Waals surface area contributed by atoms with Gasteiger partial charge in [-0.25, -0.2) is 9.82 Å². The molecule has 0 atom stereocenters. The number of aromatic nitrogens is 1. The summed E-state index contributed by atoms with van der Waals surface area (Å²) in [6.07, 6.45) is 1.45. The highest BCUT2D eigenvalue weighted by Crippen LogP contribution is 2.24. The van der Waals surface area contributed by atoms with E-state index in [1.807, 2.05) is 24.3 Å². The summed E-state index contributed by atoms with van der Waals surface area (Å²) in [6, 6.07) is 26.9. The van der Waals surface area contributed by atoms with Gasteiger partial charge in [0.25, 0.3) is 0 Å². The van der Waals surface area contributed by atoms with Crippen LogP contribution in [0.3, 0.4) is 0 Å². The molecule has 5 rings (SSSR count). The highest BCUT2D eigenvalue weighted by atomic mass is 79.9. The Morgan fingerprint density at radius 2 is 1.71 bits per heavy atom. The van der Waals surface area contributed by atoms with Crippen molar-refractivity contribution in [3.05, 3.63) is 135 Å². The number of hydrogen-bond acceptors (Lipinski definition) is 5. The first kappa shape index (κ1) is 27.9. The highest BCUT2D eigenvalue weighted by molar-refractivity contribution is 9.10. The number of amides is 1. The van der Waals surface area contributed by atoms with Crippen LogP contribution in [0.25, 0.3) is 5.69 Å². The smallest absolute Gasteiger partial charge is 0.307 e. The number of aryl methyl sites for hydroxylation is 2. The summed E-state index contributed by atoms with van der Waals surface area (Å²) >= 11 is 3.42. The largest absolute Gasteiger partial charge is 0.488 e. The van der Waals surface area contributed by atoms with E-state index >= 15 is 0 Å². The van der Waals surface area contributed by atoms with E-state index in [0.717, 1.165) is 21.5 Å². The Bertz CT molecular complexity index is 1670. The van der Waals surface area contributed by atoms with Gasteiger partial charge in [-0.1, -0.05) is 34.1 Å². The molecule has 0 bridgehead atoms. The lowest BCUT2D eigenvalue weighted by Crippen LogP contribution is -2.17. The van der Waals surface area contributed by atoms with Crippen LogP contribution in [0.1, 0.15) is 38.8 Å². The first-order valence-corrected chi connectivity index (χ1v) is 13.6. The Morgan fingerprint density at radius 1 is 0.951 bits per heavy atom. The quantitative estimate of drug-likeness (QED) is 0.130. The van der Waals surface area contributed by atoms with Crippen molar-refractivity contribution in [2.45, 2.75) is 27.1 Å². The van der Waals surface area contributed by atoms with Gasteiger partial charge in [-0.15, -0.1) is 0 Å². The van der Waals surface area contributed by atoms with Crippen molar-refractivity contribution >= 4 is 28.1 Å². The van der Waals surface area contributed by atoms with Crippen LogP contribution in [0.4, 0.5) is 4.39 Å². The van der Waals surface area contributed by atoms with E-state index in [9.17, 15) is 9.18 Å². The van der Waals surface area contributed by atoms with Crippen LogP contribution in [0.15, 0.2) is 105 Å². The van der Waals surface area contributed by atoms with Crippen LogP contribution in [0.2, 0.25) is 0 Å². The molecule has 7 nitrogen and oxygen atoms in total. The van der Waals surface area contributed by atoms with E-state index in [-0.39, 0.29) is 24.8 Å². The minimum absolute atomic E-state index is 0.0510. The molecule has 5 aromatic rings. The summed E-state index contributed by atoms with van der Waals surface area (Å²) < 4.78 is 34.2. The maximum absolute atomic E-state index is 14.0. The second-order valence-corrected chi connectivity index (χ2v) is 10.2. The number of nitrogens with one attached hydrogen (secondary N) is 1. The topological polar surface area (TPSA) is 78.0 Å². The van der Waals surface area contributed by atoms with Gasteiger partial charge in [-0.3, -0.25) is 4.79 Å². The van der Waals surface area contributed by atoms with Crippen LogP contribution < -0.4 is 14.9 Å². The van der Waals surface area contributed by atoms with Crippen LogP contribution in [0.5, 0.6) is 11.5 Å². The number of nitrogens with zero attached hydrogens (tertiary/aromatic N) is 2. The normalized spacial score (nSPS) is 11.1. The van der Waals surface area contributed by atoms with Crippen molar-refractivity contribution in [1.29, 1.82) is 0 Å². The van der Waals surface area contributed by atoms with E-state index in [2.05, 4.69) is 57.0 Å². The van der Waals surface area contributed by atoms with Gasteiger partial charge in [-0.2, -0.15) is 5.10 Å². The summed E-state index contributed by atoms with van der Waals surface area (Å²) in [5.41, 5.74) is 6.86. The molecule has 0 aliphatic heterocycles. The monoisotopic (exact) mass is 615 g/mol. The van der Waals surface area contributed by atoms with Crippen molar-refractivity contribution in [2.24, 2.45) is 5.10 Å². The molecule has 0 unspecified atom stereocenters. The Kier molecular flexibility index (Phi) is 8.64. The zero-order chi connectivity index (χ0) is 28.8. The molecule has 2 aromatic heterocycles. The molecular formula is C32H27BrFN3O4. The van der Waals surface area contributed by atoms with Crippen LogP contribution >= 0.6 is 15.9 Å². The average molecular weight is 616 g/mol. The molecule has 0 aliphatic rings. The molecule has 0 saturated heterocycles. The molecule has 208 valence electrons. The number of furan rings is 1. The molecule has 41 heavy (non-hydrogen) atoms. The van der Waals surface area contributed by atoms with Crippen LogP contribution in [-0.2, 0) is 13.2 Å². The van der Waals surface area contributed by atoms with Crippen LogP contribution in [-0.4, -0.2) is 16.7 Å². The first-order valence-electron chi connectivity index (χ1n) is 12.8. The Labute approximate surface area is 245 Å². The number of carbonyl (C=O) groups excluding carboxylic acids is 1. The SMILES string of the molecule is Cc1ccc(C)n1-c1ccc(OCc2ccc(C(=O)N/N=C/c3cc(Br)ccc3OCc3ccccc3F)o2)cc1. The van der Waals surface area contributed by atoms with Gasteiger partial charge in [0.2, 0.25) is 0 Å². The van der Waals surface area contributed by atoms with Gasteiger partial charge in [-0.05, 0) is 86.6 Å². The molecule has 9 heteroatoms. The number of carbonyl (C=O) groups is 1. The molecular weight excluding hydrogens is 589 g/mol. The van der Waals surface area contributed by atoms with Crippen molar-refractivity contribution in [3.63, 3.8) is 0 Å². The van der Waals surface area contributed by atoms with Gasteiger partial charge in [0.15, 0.2) is 5.76 Å². The fourth-order valence-electron chi connectivity index (χ4n) is 4.24. The molecule has 1 N–H and O–H groups in total. The second kappa shape index (κ2) is 12.7. The summed E-state index contributed by atoms with van der Waals surface area (Å²) in [7, 11) is 0. The molecule has 2 heterocycles. The number of rotatable bonds is 10. The maximum atomic E-state index is 14.0. The highest BCUT2D eigenvalue weighted by Gasteiger charge is 2.12. The molecule has 0 saturated carbocycles. The third-order valence-corrected chi connectivity index (χ3v) is 6.81. The zero-order valence-corrected chi connectivity index (χ0v) is 24.0. The predicted octanol–water partition coefficient (Wildman–Crippen LogP) is 7.51. The molecule has 0 fully saturated rings. The Morgan fingerprint density at radius 3 is 2.46 bits per heavy atom. The van der Waals surface area contributed by atoms with Crippen molar-refractivity contribution in [1.82, 2.24) is 9.99 Å². The zero-order valence-electron chi connectivity index (χ0n) is 22.4. The van der Waals surface area contributed by atoms with Crippen LogP contribution in [0, 0.1) is 19.7 Å². The van der Waals surface area contributed by atoms with E-state index in [1.54, 1.807) is 48.5 Å². The molecule has 1 amide bonds. The first-order chi connectivity index (χ1) is 19.9. The van der Waals surface area contributed by atoms with E-state index < -0.39 is 5.91 Å². The number of halogens is 2. The van der Waals surface area contributed by atoms with E-state index in [1.165, 1.54) is 12.3 Å². The van der Waals surface area contributed by atoms with Gasteiger partial charge in [0, 0.05) is 32.7 Å². The molecule has 0 aliphatic carbocycles. The van der Waals surface area contributed by atoms with Gasteiger partial charge >= 0.3 is 5.91 Å². The molecule has 0 spiro atoms. The second-order valence-electron chi connectivity index (χ2n) is 9.26. The number of hydrazone groups is 1. The van der Waals surface area contributed by atoms with Crippen molar-refractivity contribution < 1.29 is 23.1 Å². The van der Waals surface area contributed by atoms with Gasteiger partial charge < -0.3 is 18.5 Å². The van der Waals surface area contributed by atoms with Gasteiger partial charge in [0.05, 0.1) is 6.21 Å². The minimum atomic E-state index is -0.516. The third kappa shape index (κ3) is 6.93. The summed E-state index contributed by atoms with van der Waals surface area (Å²) in [6.45, 7) is 4.35. The van der Waals surface area contributed by atoms with Crippen molar-refractivity contribution in [3.8, 4) is 17.2 Å². The minimum Gasteiger partial charge on any atom is -0.488 e. The number of hydrogen-bond donors (Lipinski definition) is 1. The number of ether oxygens (including phenoxy) is 2. The van der Waals surface area contributed by atoms with E-state index in [4.69, 9.17) is 13.9 Å². The number of benzene rings is 3. The Hall–Kier alpha value is -4.63. The Balaban J connectivity index is 1.16. The summed E-state index contributed by atoms with van der Waals surface area (Å²) in [5, 5.41) is 4.04. The lowest BCUT2D eigenvalue weighted by Gasteiger charge is -2.10. The molecule has 3 aromatic carbocycles. The fraction of sp³-hybridized carbons (Fsp3) is 0.125. The summed E-state index contributed by atoms with van der Waals surface area (Å²) in [4.78, 5) is 12.6. The van der Waals surface area contributed by atoms with Gasteiger partial charge in [0.1, 0.15) is 36.3 Å². The van der Waals surface area contributed by atoms with Crippen molar-refractivity contribution in [2.75, 3.05) is 0 Å². The predicted molar refractivity (Wildman–Crippen MR) is 158 cm³/mol. The standard InChI is InChI=1S/C32H27BrFN3O4/c1-21-7-8-22(2)37(21)26-10-12-27(13-11-26)39-20-28-14-16-31(41-28)32(38)36-35-18-24-17-25(33)9-15-30(24)40-19-23-5-3-4-6-29(23)34/h3-18H,19-20H2,1-2H3,(H,36,38)/b35-18+. The summed E-state index contributed by atoms with van der Waals surface area (Å²) in [5.74, 6) is 0.907. The molecule has 0 radical (unpaired) electrons. The van der Waals surface area contributed by atoms with E-state index in [0.29, 0.717) is 28.4 Å². The average Bonchev–Trinajstić information content (AvgIpc) is 3.58. The lowest BCUT2D eigenvalue weighted by atomic mass is 10.2. The lowest BCUT2D eigenvalue weighted by molar-refractivity contribution is 0.0923. The fourth-order valence-corrected chi connectivity index (χ4v) is 4.62.